The fourth-order valence-corrected chi connectivity index (χ4v) is 2.53. The molecule has 2 atom stereocenters. The van der Waals surface area contributed by atoms with Crippen LogP contribution in [-0.4, -0.2) is 34.7 Å². The first-order valence-corrected chi connectivity index (χ1v) is 5.39. The zero-order chi connectivity index (χ0) is 10.1. The van der Waals surface area contributed by atoms with Crippen molar-refractivity contribution in [2.75, 3.05) is 13.2 Å². The molecule has 1 aliphatic rings. The summed E-state index contributed by atoms with van der Waals surface area (Å²) >= 11 is 0. The molecule has 2 unspecified atom stereocenters. The highest BCUT2D eigenvalue weighted by Gasteiger charge is 2.39. The lowest BCUT2D eigenvalue weighted by molar-refractivity contribution is 0.120. The van der Waals surface area contributed by atoms with Gasteiger partial charge in [0.25, 0.3) is 0 Å². The number of rotatable bonds is 3. The zero-order valence-corrected chi connectivity index (χ0v) is 9.38. The van der Waals surface area contributed by atoms with E-state index in [4.69, 9.17) is 5.11 Å². The molecular formula is C11H23NO. The molecule has 2 heteroatoms. The van der Waals surface area contributed by atoms with Crippen molar-refractivity contribution in [2.24, 2.45) is 5.92 Å². The molecule has 0 spiro atoms. The lowest BCUT2D eigenvalue weighted by atomic mass is 9.96. The average Bonchev–Trinajstić information content (AvgIpc) is 2.39. The predicted molar refractivity (Wildman–Crippen MR) is 55.7 cm³/mol. The van der Waals surface area contributed by atoms with Crippen LogP contribution < -0.4 is 0 Å². The van der Waals surface area contributed by atoms with Crippen LogP contribution in [-0.2, 0) is 0 Å². The van der Waals surface area contributed by atoms with Crippen LogP contribution in [0.5, 0.6) is 0 Å². The minimum Gasteiger partial charge on any atom is -0.396 e. The quantitative estimate of drug-likeness (QED) is 0.725. The van der Waals surface area contributed by atoms with Crippen molar-refractivity contribution >= 4 is 0 Å². The first kappa shape index (κ1) is 11.0. The maximum absolute atomic E-state index is 9.14. The average molecular weight is 185 g/mol. The van der Waals surface area contributed by atoms with Gasteiger partial charge in [-0.1, -0.05) is 6.92 Å². The Morgan fingerprint density at radius 2 is 2.15 bits per heavy atom. The Morgan fingerprint density at radius 3 is 2.54 bits per heavy atom. The normalized spacial score (nSPS) is 30.7. The second-order valence-corrected chi connectivity index (χ2v) is 4.97. The van der Waals surface area contributed by atoms with Crippen molar-refractivity contribution in [2.45, 2.75) is 52.1 Å². The number of aliphatic hydroxyl groups is 1. The van der Waals surface area contributed by atoms with Crippen molar-refractivity contribution in [1.29, 1.82) is 0 Å². The highest BCUT2D eigenvalue weighted by molar-refractivity contribution is 4.94. The van der Waals surface area contributed by atoms with E-state index in [2.05, 4.69) is 32.6 Å². The molecule has 0 aromatic carbocycles. The van der Waals surface area contributed by atoms with Crippen LogP contribution in [0.3, 0.4) is 0 Å². The minimum atomic E-state index is 0.281. The monoisotopic (exact) mass is 185 g/mol. The molecule has 1 rings (SSSR count). The van der Waals surface area contributed by atoms with Gasteiger partial charge >= 0.3 is 0 Å². The van der Waals surface area contributed by atoms with Gasteiger partial charge in [-0.3, -0.25) is 4.90 Å². The molecule has 0 aromatic heterocycles. The molecule has 1 aliphatic heterocycles. The number of hydrogen-bond acceptors (Lipinski definition) is 2. The molecule has 0 radical (unpaired) electrons. The summed E-state index contributed by atoms with van der Waals surface area (Å²) in [5.41, 5.74) is 0.281. The van der Waals surface area contributed by atoms with Gasteiger partial charge in [0.05, 0.1) is 0 Å². The zero-order valence-electron chi connectivity index (χ0n) is 9.38. The second-order valence-electron chi connectivity index (χ2n) is 4.97. The Balaban J connectivity index is 2.64. The summed E-state index contributed by atoms with van der Waals surface area (Å²) in [6.45, 7) is 10.5. The molecule has 1 heterocycles. The summed E-state index contributed by atoms with van der Waals surface area (Å²) < 4.78 is 0. The van der Waals surface area contributed by atoms with Crippen LogP contribution in [0, 0.1) is 5.92 Å². The molecule has 78 valence electrons. The number of hydrogen-bond donors (Lipinski definition) is 1. The van der Waals surface area contributed by atoms with Crippen molar-refractivity contribution in [3.63, 3.8) is 0 Å². The third-order valence-corrected chi connectivity index (χ3v) is 3.40. The molecule has 13 heavy (non-hydrogen) atoms. The fourth-order valence-electron chi connectivity index (χ4n) is 2.53. The lowest BCUT2D eigenvalue weighted by Crippen LogP contribution is -2.43. The van der Waals surface area contributed by atoms with E-state index in [9.17, 15) is 0 Å². The van der Waals surface area contributed by atoms with E-state index >= 15 is 0 Å². The van der Waals surface area contributed by atoms with Gasteiger partial charge in [0.1, 0.15) is 0 Å². The van der Waals surface area contributed by atoms with Gasteiger partial charge in [0.15, 0.2) is 0 Å². The highest BCUT2D eigenvalue weighted by Crippen LogP contribution is 2.34. The summed E-state index contributed by atoms with van der Waals surface area (Å²) in [4.78, 5) is 2.54. The number of likely N-dealkylation sites (tertiary alicyclic amines) is 1. The van der Waals surface area contributed by atoms with E-state index in [0.717, 1.165) is 13.0 Å². The molecule has 0 saturated carbocycles. The van der Waals surface area contributed by atoms with E-state index in [1.54, 1.807) is 0 Å². The summed E-state index contributed by atoms with van der Waals surface area (Å²) in [5.74, 6) is 0.490. The highest BCUT2D eigenvalue weighted by atomic mass is 16.3. The summed E-state index contributed by atoms with van der Waals surface area (Å²) in [6, 6.07) is 0.645. The fraction of sp³-hybridized carbons (Fsp3) is 1.00. The van der Waals surface area contributed by atoms with Crippen molar-refractivity contribution < 1.29 is 5.11 Å². The van der Waals surface area contributed by atoms with Gasteiger partial charge in [0.2, 0.25) is 0 Å². The summed E-state index contributed by atoms with van der Waals surface area (Å²) in [7, 11) is 0. The van der Waals surface area contributed by atoms with Crippen LogP contribution in [0.1, 0.15) is 40.5 Å². The first-order valence-electron chi connectivity index (χ1n) is 5.39. The maximum atomic E-state index is 9.14. The van der Waals surface area contributed by atoms with E-state index in [1.807, 2.05) is 0 Å². The molecule has 2 nitrogen and oxygen atoms in total. The van der Waals surface area contributed by atoms with Gasteiger partial charge in [-0.2, -0.15) is 0 Å². The SMILES string of the molecule is CCC(C)N1CC(CO)CC1(C)C. The Hall–Kier alpha value is -0.0800. The standard InChI is InChI=1S/C11H23NO/c1-5-9(2)12-7-10(8-13)6-11(12,3)4/h9-10,13H,5-8H2,1-4H3. The molecule has 0 amide bonds. The van der Waals surface area contributed by atoms with Gasteiger partial charge in [0, 0.05) is 24.7 Å². The number of nitrogens with zero attached hydrogens (tertiary/aromatic N) is 1. The van der Waals surface area contributed by atoms with Crippen LogP contribution >= 0.6 is 0 Å². The van der Waals surface area contributed by atoms with Crippen LogP contribution in [0.25, 0.3) is 0 Å². The second kappa shape index (κ2) is 3.97. The third-order valence-electron chi connectivity index (χ3n) is 3.40. The van der Waals surface area contributed by atoms with Crippen molar-refractivity contribution in [3.8, 4) is 0 Å². The molecular weight excluding hydrogens is 162 g/mol. The van der Waals surface area contributed by atoms with Gasteiger partial charge < -0.3 is 5.11 Å². The van der Waals surface area contributed by atoms with Crippen LogP contribution in [0.4, 0.5) is 0 Å². The Bertz CT molecular complexity index is 167. The number of aliphatic hydroxyl groups excluding tert-OH is 1. The van der Waals surface area contributed by atoms with Crippen LogP contribution in [0.2, 0.25) is 0 Å². The predicted octanol–water partition coefficient (Wildman–Crippen LogP) is 1.88. The Labute approximate surface area is 81.9 Å². The lowest BCUT2D eigenvalue weighted by Gasteiger charge is -2.36. The molecule has 1 N–H and O–H groups in total. The van der Waals surface area contributed by atoms with E-state index < -0.39 is 0 Å². The van der Waals surface area contributed by atoms with E-state index in [-0.39, 0.29) is 5.54 Å². The van der Waals surface area contributed by atoms with Gasteiger partial charge in [-0.25, -0.2) is 0 Å². The molecule has 0 aromatic rings. The third kappa shape index (κ3) is 2.23. The van der Waals surface area contributed by atoms with Gasteiger partial charge in [-0.05, 0) is 39.5 Å². The Kier molecular flexibility index (Phi) is 3.36. The van der Waals surface area contributed by atoms with Gasteiger partial charge in [-0.15, -0.1) is 0 Å². The first-order chi connectivity index (χ1) is 6.01. The van der Waals surface area contributed by atoms with Crippen molar-refractivity contribution in [1.82, 2.24) is 4.90 Å². The largest absolute Gasteiger partial charge is 0.396 e. The van der Waals surface area contributed by atoms with E-state index in [0.29, 0.717) is 18.6 Å². The molecule has 0 bridgehead atoms. The summed E-state index contributed by atoms with van der Waals surface area (Å²) in [5, 5.41) is 9.14. The maximum Gasteiger partial charge on any atom is 0.0472 e. The molecule has 1 fully saturated rings. The van der Waals surface area contributed by atoms with Crippen molar-refractivity contribution in [3.05, 3.63) is 0 Å². The smallest absolute Gasteiger partial charge is 0.0472 e. The minimum absolute atomic E-state index is 0.281. The van der Waals surface area contributed by atoms with E-state index in [1.165, 1.54) is 6.42 Å². The Morgan fingerprint density at radius 1 is 1.54 bits per heavy atom. The summed E-state index contributed by atoms with van der Waals surface area (Å²) in [6.07, 6.45) is 2.33. The topological polar surface area (TPSA) is 23.5 Å². The van der Waals surface area contributed by atoms with Crippen LogP contribution in [0.15, 0.2) is 0 Å². The molecule has 1 saturated heterocycles. The molecule has 0 aliphatic carbocycles.